The van der Waals surface area contributed by atoms with Gasteiger partial charge in [0.25, 0.3) is 5.91 Å². The SMILES string of the molecule is CC(C)c1cc(C(=O)NCCCCCCCC(=O)O)no1. The van der Waals surface area contributed by atoms with Crippen LogP contribution in [-0.4, -0.2) is 28.7 Å². The van der Waals surface area contributed by atoms with E-state index in [4.69, 9.17) is 9.63 Å². The van der Waals surface area contributed by atoms with Crippen LogP contribution in [0.4, 0.5) is 0 Å². The summed E-state index contributed by atoms with van der Waals surface area (Å²) in [4.78, 5) is 22.1. The number of aromatic nitrogens is 1. The second-order valence-electron chi connectivity index (χ2n) is 5.44. The van der Waals surface area contributed by atoms with Crippen molar-refractivity contribution in [2.24, 2.45) is 0 Å². The van der Waals surface area contributed by atoms with Crippen LogP contribution in [0.1, 0.15) is 74.5 Å². The molecule has 0 atom stereocenters. The minimum absolute atomic E-state index is 0.212. The molecular weight excluding hydrogens is 272 g/mol. The highest BCUT2D eigenvalue weighted by Crippen LogP contribution is 2.14. The number of carboxylic acids is 1. The Kier molecular flexibility index (Phi) is 7.50. The summed E-state index contributed by atoms with van der Waals surface area (Å²) in [5.41, 5.74) is 0.320. The van der Waals surface area contributed by atoms with Gasteiger partial charge in [0.2, 0.25) is 0 Å². The standard InChI is InChI=1S/C15H24N2O4/c1-11(2)13-10-12(17-21-13)15(20)16-9-7-5-3-4-6-8-14(18)19/h10-11H,3-9H2,1-2H3,(H,16,20)(H,18,19). The smallest absolute Gasteiger partial charge is 0.303 e. The van der Waals surface area contributed by atoms with E-state index >= 15 is 0 Å². The van der Waals surface area contributed by atoms with Crippen LogP contribution in [0.15, 0.2) is 10.6 Å². The summed E-state index contributed by atoms with van der Waals surface area (Å²) >= 11 is 0. The van der Waals surface area contributed by atoms with Crippen molar-refractivity contribution < 1.29 is 19.2 Å². The molecule has 21 heavy (non-hydrogen) atoms. The third-order valence-corrected chi connectivity index (χ3v) is 3.18. The molecule has 0 bridgehead atoms. The highest BCUT2D eigenvalue weighted by atomic mass is 16.5. The van der Waals surface area contributed by atoms with E-state index < -0.39 is 5.97 Å². The Balaban J connectivity index is 2.09. The number of rotatable bonds is 10. The lowest BCUT2D eigenvalue weighted by Crippen LogP contribution is -2.24. The van der Waals surface area contributed by atoms with E-state index in [1.54, 1.807) is 6.07 Å². The number of nitrogens with one attached hydrogen (secondary N) is 1. The van der Waals surface area contributed by atoms with E-state index in [1.165, 1.54) is 0 Å². The van der Waals surface area contributed by atoms with E-state index in [0.717, 1.165) is 32.1 Å². The Hall–Kier alpha value is -1.85. The Bertz CT molecular complexity index is 454. The van der Waals surface area contributed by atoms with Gasteiger partial charge < -0.3 is 14.9 Å². The molecule has 6 heteroatoms. The zero-order valence-corrected chi connectivity index (χ0v) is 12.7. The van der Waals surface area contributed by atoms with Gasteiger partial charge in [0.05, 0.1) is 0 Å². The van der Waals surface area contributed by atoms with Gasteiger partial charge in [-0.1, -0.05) is 38.3 Å². The molecule has 118 valence electrons. The van der Waals surface area contributed by atoms with E-state index in [-0.39, 0.29) is 18.2 Å². The second kappa shape index (κ2) is 9.15. The van der Waals surface area contributed by atoms with Crippen LogP contribution in [-0.2, 0) is 4.79 Å². The lowest BCUT2D eigenvalue weighted by molar-refractivity contribution is -0.137. The molecule has 0 saturated carbocycles. The normalized spacial score (nSPS) is 10.8. The lowest BCUT2D eigenvalue weighted by Gasteiger charge is -2.02. The molecule has 1 heterocycles. The summed E-state index contributed by atoms with van der Waals surface area (Å²) in [6.07, 6.45) is 4.73. The molecule has 0 radical (unpaired) electrons. The van der Waals surface area contributed by atoms with Crippen molar-refractivity contribution in [2.75, 3.05) is 6.54 Å². The van der Waals surface area contributed by atoms with Crippen molar-refractivity contribution in [3.05, 3.63) is 17.5 Å². The van der Waals surface area contributed by atoms with Gasteiger partial charge in [-0.2, -0.15) is 0 Å². The van der Waals surface area contributed by atoms with E-state index in [9.17, 15) is 9.59 Å². The molecule has 0 unspecified atom stereocenters. The molecule has 0 spiro atoms. The van der Waals surface area contributed by atoms with E-state index in [1.807, 2.05) is 13.8 Å². The van der Waals surface area contributed by atoms with Crippen molar-refractivity contribution in [1.29, 1.82) is 0 Å². The first-order valence-electron chi connectivity index (χ1n) is 7.47. The quantitative estimate of drug-likeness (QED) is 0.647. The van der Waals surface area contributed by atoms with Crippen LogP contribution in [0.2, 0.25) is 0 Å². The molecule has 0 saturated heterocycles. The Morgan fingerprint density at radius 1 is 1.24 bits per heavy atom. The topological polar surface area (TPSA) is 92.4 Å². The van der Waals surface area contributed by atoms with Crippen molar-refractivity contribution in [1.82, 2.24) is 10.5 Å². The summed E-state index contributed by atoms with van der Waals surface area (Å²) < 4.78 is 5.08. The fourth-order valence-corrected chi connectivity index (χ4v) is 1.89. The summed E-state index contributed by atoms with van der Waals surface area (Å²) in [7, 11) is 0. The predicted molar refractivity (Wildman–Crippen MR) is 78.3 cm³/mol. The van der Waals surface area contributed by atoms with Gasteiger partial charge in [0.15, 0.2) is 5.69 Å². The fourth-order valence-electron chi connectivity index (χ4n) is 1.89. The monoisotopic (exact) mass is 296 g/mol. The van der Waals surface area contributed by atoms with Crippen LogP contribution in [0.3, 0.4) is 0 Å². The molecule has 0 aliphatic heterocycles. The molecule has 0 aliphatic carbocycles. The highest BCUT2D eigenvalue weighted by Gasteiger charge is 2.13. The Morgan fingerprint density at radius 3 is 2.52 bits per heavy atom. The number of unbranched alkanes of at least 4 members (excludes halogenated alkanes) is 4. The zero-order chi connectivity index (χ0) is 15.7. The summed E-state index contributed by atoms with van der Waals surface area (Å²) in [5, 5.41) is 15.1. The predicted octanol–water partition coefficient (Wildman–Crippen LogP) is 2.95. The first kappa shape index (κ1) is 17.2. The maximum Gasteiger partial charge on any atom is 0.303 e. The van der Waals surface area contributed by atoms with Crippen molar-refractivity contribution in [3.63, 3.8) is 0 Å². The van der Waals surface area contributed by atoms with Crippen LogP contribution in [0.5, 0.6) is 0 Å². The van der Waals surface area contributed by atoms with Gasteiger partial charge in [-0.05, 0) is 12.8 Å². The van der Waals surface area contributed by atoms with Crippen LogP contribution < -0.4 is 5.32 Å². The fraction of sp³-hybridized carbons (Fsp3) is 0.667. The third kappa shape index (κ3) is 6.92. The maximum absolute atomic E-state index is 11.8. The molecule has 1 rings (SSSR count). The highest BCUT2D eigenvalue weighted by molar-refractivity contribution is 5.92. The number of hydrogen-bond acceptors (Lipinski definition) is 4. The molecular formula is C15H24N2O4. The molecule has 1 aromatic heterocycles. The largest absolute Gasteiger partial charge is 0.481 e. The Labute approximate surface area is 124 Å². The summed E-state index contributed by atoms with van der Waals surface area (Å²) in [5.74, 6) is -0.0318. The van der Waals surface area contributed by atoms with Gasteiger partial charge in [-0.3, -0.25) is 9.59 Å². The molecule has 0 fully saturated rings. The Morgan fingerprint density at radius 2 is 1.90 bits per heavy atom. The van der Waals surface area contributed by atoms with E-state index in [2.05, 4.69) is 10.5 Å². The molecule has 2 N–H and O–H groups in total. The number of carboxylic acid groups (broad SMARTS) is 1. The van der Waals surface area contributed by atoms with Crippen molar-refractivity contribution >= 4 is 11.9 Å². The molecule has 1 amide bonds. The number of carbonyl (C=O) groups is 2. The first-order chi connectivity index (χ1) is 10.0. The van der Waals surface area contributed by atoms with Crippen molar-refractivity contribution in [3.8, 4) is 0 Å². The first-order valence-corrected chi connectivity index (χ1v) is 7.47. The number of amides is 1. The van der Waals surface area contributed by atoms with Gasteiger partial charge in [0.1, 0.15) is 5.76 Å². The minimum Gasteiger partial charge on any atom is -0.481 e. The molecule has 6 nitrogen and oxygen atoms in total. The van der Waals surface area contributed by atoms with Gasteiger partial charge >= 0.3 is 5.97 Å². The van der Waals surface area contributed by atoms with Gasteiger partial charge in [-0.15, -0.1) is 0 Å². The average molecular weight is 296 g/mol. The lowest BCUT2D eigenvalue weighted by atomic mass is 10.1. The number of hydrogen-bond donors (Lipinski definition) is 2. The van der Waals surface area contributed by atoms with Crippen molar-refractivity contribution in [2.45, 2.75) is 58.3 Å². The molecule has 1 aromatic rings. The third-order valence-electron chi connectivity index (χ3n) is 3.18. The summed E-state index contributed by atoms with van der Waals surface area (Å²) in [6.45, 7) is 4.56. The number of aliphatic carboxylic acids is 1. The zero-order valence-electron chi connectivity index (χ0n) is 12.7. The summed E-state index contributed by atoms with van der Waals surface area (Å²) in [6, 6.07) is 1.67. The maximum atomic E-state index is 11.8. The molecule has 0 aromatic carbocycles. The van der Waals surface area contributed by atoms with Gasteiger partial charge in [0, 0.05) is 24.9 Å². The van der Waals surface area contributed by atoms with Gasteiger partial charge in [-0.25, -0.2) is 0 Å². The van der Waals surface area contributed by atoms with E-state index in [0.29, 0.717) is 18.0 Å². The number of nitrogens with zero attached hydrogens (tertiary/aromatic N) is 1. The minimum atomic E-state index is -0.740. The van der Waals surface area contributed by atoms with Crippen LogP contribution in [0, 0.1) is 0 Å². The van der Waals surface area contributed by atoms with Crippen LogP contribution in [0.25, 0.3) is 0 Å². The second-order valence-corrected chi connectivity index (χ2v) is 5.44. The van der Waals surface area contributed by atoms with Crippen LogP contribution >= 0.6 is 0 Å². The average Bonchev–Trinajstić information content (AvgIpc) is 2.91. The molecule has 0 aliphatic rings. The number of carbonyl (C=O) groups excluding carboxylic acids is 1.